The second kappa shape index (κ2) is 6.81. The number of aryl methyl sites for hydroxylation is 2. The van der Waals surface area contributed by atoms with Crippen LogP contribution in [0.15, 0.2) is 30.7 Å². The summed E-state index contributed by atoms with van der Waals surface area (Å²) < 4.78 is 0. The highest BCUT2D eigenvalue weighted by atomic mass is 35.5. The average Bonchev–Trinajstić information content (AvgIpc) is 2.84. The van der Waals surface area contributed by atoms with Gasteiger partial charge in [-0.05, 0) is 43.4 Å². The highest BCUT2D eigenvalue weighted by molar-refractivity contribution is 6.35. The monoisotopic (exact) mass is 282 g/mol. The molecule has 96 valence electrons. The molecule has 1 N–H and O–H groups in total. The van der Waals surface area contributed by atoms with Gasteiger partial charge in [0.25, 0.3) is 0 Å². The van der Waals surface area contributed by atoms with E-state index in [0.717, 1.165) is 24.3 Å². The molecule has 0 unspecified atom stereocenters. The van der Waals surface area contributed by atoms with E-state index in [-0.39, 0.29) is 0 Å². The van der Waals surface area contributed by atoms with Crippen molar-refractivity contribution in [1.29, 1.82) is 0 Å². The molecule has 1 heterocycles. The van der Waals surface area contributed by atoms with Gasteiger partial charge in [0.15, 0.2) is 0 Å². The molecular weight excluding hydrogens is 267 g/mol. The van der Waals surface area contributed by atoms with Crippen LogP contribution in [0.25, 0.3) is 0 Å². The van der Waals surface area contributed by atoms with Crippen molar-refractivity contribution in [3.63, 3.8) is 0 Å². The second-order valence-corrected chi connectivity index (χ2v) is 5.22. The summed E-state index contributed by atoms with van der Waals surface area (Å²) in [6.07, 6.45) is 9.20. The predicted octanol–water partition coefficient (Wildman–Crippen LogP) is 4.67. The molecule has 18 heavy (non-hydrogen) atoms. The first-order valence-corrected chi connectivity index (χ1v) is 6.92. The van der Waals surface area contributed by atoms with E-state index in [0.29, 0.717) is 5.02 Å². The van der Waals surface area contributed by atoms with Crippen LogP contribution in [0.2, 0.25) is 10.0 Å². The van der Waals surface area contributed by atoms with Crippen LogP contribution in [-0.4, -0.2) is 9.97 Å². The van der Waals surface area contributed by atoms with Gasteiger partial charge < -0.3 is 4.98 Å². The minimum absolute atomic E-state index is 0.697. The van der Waals surface area contributed by atoms with Crippen molar-refractivity contribution in [2.75, 3.05) is 0 Å². The molecular formula is C14H16Cl2N2. The van der Waals surface area contributed by atoms with E-state index in [1.165, 1.54) is 24.1 Å². The Morgan fingerprint density at radius 3 is 2.61 bits per heavy atom. The summed E-state index contributed by atoms with van der Waals surface area (Å²) in [7, 11) is 0. The smallest absolute Gasteiger partial charge is 0.0921 e. The lowest BCUT2D eigenvalue weighted by Crippen LogP contribution is -1.90. The summed E-state index contributed by atoms with van der Waals surface area (Å²) in [5.74, 6) is 0. The third-order valence-electron chi connectivity index (χ3n) is 2.96. The predicted molar refractivity (Wildman–Crippen MR) is 76.3 cm³/mol. The van der Waals surface area contributed by atoms with E-state index in [1.807, 2.05) is 24.4 Å². The van der Waals surface area contributed by atoms with Gasteiger partial charge in [-0.25, -0.2) is 4.98 Å². The Balaban J connectivity index is 1.69. The largest absolute Gasteiger partial charge is 0.348 e. The average molecular weight is 283 g/mol. The van der Waals surface area contributed by atoms with E-state index in [1.54, 1.807) is 6.33 Å². The van der Waals surface area contributed by atoms with Crippen LogP contribution in [0.1, 0.15) is 30.5 Å². The first-order valence-electron chi connectivity index (χ1n) is 6.17. The molecule has 0 spiro atoms. The molecule has 0 aliphatic carbocycles. The number of hydrogen-bond acceptors (Lipinski definition) is 1. The number of aromatic nitrogens is 2. The van der Waals surface area contributed by atoms with Crippen LogP contribution in [0.4, 0.5) is 0 Å². The molecule has 2 rings (SSSR count). The maximum Gasteiger partial charge on any atom is 0.0921 e. The Bertz CT molecular complexity index is 481. The van der Waals surface area contributed by atoms with E-state index >= 15 is 0 Å². The number of halogens is 2. The number of benzene rings is 1. The third kappa shape index (κ3) is 4.04. The molecule has 2 nitrogen and oxygen atoms in total. The van der Waals surface area contributed by atoms with Gasteiger partial charge in [0.1, 0.15) is 0 Å². The molecule has 1 aromatic carbocycles. The fourth-order valence-corrected chi connectivity index (χ4v) is 2.46. The Labute approximate surface area is 117 Å². The van der Waals surface area contributed by atoms with Gasteiger partial charge in [-0.1, -0.05) is 35.7 Å². The van der Waals surface area contributed by atoms with Crippen molar-refractivity contribution in [1.82, 2.24) is 9.97 Å². The van der Waals surface area contributed by atoms with Crippen LogP contribution in [0.5, 0.6) is 0 Å². The van der Waals surface area contributed by atoms with Crippen LogP contribution in [-0.2, 0) is 12.8 Å². The SMILES string of the molecule is Clc1ccc(CCCCCc2cnc[nH]2)c(Cl)c1. The minimum Gasteiger partial charge on any atom is -0.348 e. The summed E-state index contributed by atoms with van der Waals surface area (Å²) >= 11 is 12.0. The normalized spacial score (nSPS) is 10.8. The standard InChI is InChI=1S/C14H16Cl2N2/c15-12-7-6-11(14(16)8-12)4-2-1-3-5-13-9-17-10-18-13/h6-10H,1-5H2,(H,17,18). The molecule has 0 radical (unpaired) electrons. The molecule has 0 aliphatic heterocycles. The molecule has 2 aromatic rings. The van der Waals surface area contributed by atoms with E-state index in [4.69, 9.17) is 23.2 Å². The molecule has 0 aliphatic rings. The van der Waals surface area contributed by atoms with Crippen molar-refractivity contribution < 1.29 is 0 Å². The summed E-state index contributed by atoms with van der Waals surface area (Å²) in [5.41, 5.74) is 2.39. The number of rotatable bonds is 6. The fraction of sp³-hybridized carbons (Fsp3) is 0.357. The van der Waals surface area contributed by atoms with Gasteiger partial charge >= 0.3 is 0 Å². The molecule has 0 saturated heterocycles. The Hall–Kier alpha value is -0.990. The Kier molecular flexibility index (Phi) is 5.09. The number of nitrogens with one attached hydrogen (secondary N) is 1. The quantitative estimate of drug-likeness (QED) is 0.767. The van der Waals surface area contributed by atoms with Crippen LogP contribution in [0.3, 0.4) is 0 Å². The highest BCUT2D eigenvalue weighted by Gasteiger charge is 2.01. The summed E-state index contributed by atoms with van der Waals surface area (Å²) in [6.45, 7) is 0. The number of imidazole rings is 1. The van der Waals surface area contributed by atoms with E-state index in [2.05, 4.69) is 9.97 Å². The third-order valence-corrected chi connectivity index (χ3v) is 3.55. The molecule has 0 saturated carbocycles. The molecule has 1 aromatic heterocycles. The molecule has 0 fully saturated rings. The minimum atomic E-state index is 0.697. The highest BCUT2D eigenvalue weighted by Crippen LogP contribution is 2.22. The maximum absolute atomic E-state index is 6.13. The molecule has 0 amide bonds. The number of hydrogen-bond donors (Lipinski definition) is 1. The molecule has 0 bridgehead atoms. The maximum atomic E-state index is 6.13. The van der Waals surface area contributed by atoms with Crippen molar-refractivity contribution in [2.24, 2.45) is 0 Å². The van der Waals surface area contributed by atoms with Crippen molar-refractivity contribution in [3.8, 4) is 0 Å². The Morgan fingerprint density at radius 1 is 1.06 bits per heavy atom. The molecule has 0 atom stereocenters. The van der Waals surface area contributed by atoms with Gasteiger partial charge in [0.2, 0.25) is 0 Å². The zero-order valence-corrected chi connectivity index (χ0v) is 11.6. The first-order chi connectivity index (χ1) is 8.75. The van der Waals surface area contributed by atoms with Gasteiger partial charge in [-0.2, -0.15) is 0 Å². The lowest BCUT2D eigenvalue weighted by atomic mass is 10.1. The van der Waals surface area contributed by atoms with Crippen molar-refractivity contribution >= 4 is 23.2 Å². The molecule has 4 heteroatoms. The lowest BCUT2D eigenvalue weighted by molar-refractivity contribution is 0.673. The van der Waals surface area contributed by atoms with E-state index < -0.39 is 0 Å². The van der Waals surface area contributed by atoms with Crippen LogP contribution < -0.4 is 0 Å². The number of unbranched alkanes of at least 4 members (excludes halogenated alkanes) is 2. The number of aromatic amines is 1. The van der Waals surface area contributed by atoms with Gasteiger partial charge in [-0.3, -0.25) is 0 Å². The van der Waals surface area contributed by atoms with Gasteiger partial charge in [-0.15, -0.1) is 0 Å². The van der Waals surface area contributed by atoms with Gasteiger partial charge in [0.05, 0.1) is 6.33 Å². The zero-order valence-electron chi connectivity index (χ0n) is 10.1. The zero-order chi connectivity index (χ0) is 12.8. The Morgan fingerprint density at radius 2 is 1.89 bits per heavy atom. The van der Waals surface area contributed by atoms with Gasteiger partial charge in [0, 0.05) is 21.9 Å². The summed E-state index contributed by atoms with van der Waals surface area (Å²) in [6, 6.07) is 5.72. The van der Waals surface area contributed by atoms with Crippen LogP contribution >= 0.6 is 23.2 Å². The first kappa shape index (κ1) is 13.4. The summed E-state index contributed by atoms with van der Waals surface area (Å²) in [4.78, 5) is 7.12. The van der Waals surface area contributed by atoms with Crippen molar-refractivity contribution in [3.05, 3.63) is 52.0 Å². The lowest BCUT2D eigenvalue weighted by Gasteiger charge is -2.04. The van der Waals surface area contributed by atoms with Crippen LogP contribution in [0, 0.1) is 0 Å². The second-order valence-electron chi connectivity index (χ2n) is 4.37. The van der Waals surface area contributed by atoms with E-state index in [9.17, 15) is 0 Å². The summed E-state index contributed by atoms with van der Waals surface area (Å²) in [5, 5.41) is 1.47. The van der Waals surface area contributed by atoms with Crippen molar-refractivity contribution in [2.45, 2.75) is 32.1 Å². The topological polar surface area (TPSA) is 28.7 Å². The number of nitrogens with zero attached hydrogens (tertiary/aromatic N) is 1. The number of H-pyrrole nitrogens is 1. The fourth-order valence-electron chi connectivity index (χ4n) is 1.95.